The molecule has 2 rings (SSSR count). The molecule has 1 aromatic rings. The van der Waals surface area contributed by atoms with Gasteiger partial charge in [0.05, 0.1) is 0 Å². The fraction of sp³-hybridized carbons (Fsp3) is 0.667. The van der Waals surface area contributed by atoms with Gasteiger partial charge >= 0.3 is 0 Å². The highest BCUT2D eigenvalue weighted by molar-refractivity contribution is 5.28. The molecule has 0 saturated heterocycles. The predicted molar refractivity (Wildman–Crippen MR) is 83.7 cm³/mol. The SMILES string of the molecule is CCNC1CCCCC1c1cccc(CC(C)C)c1. The lowest BCUT2D eigenvalue weighted by atomic mass is 9.79. The van der Waals surface area contributed by atoms with Crippen LogP contribution in [0.2, 0.25) is 0 Å². The second-order valence-electron chi connectivity index (χ2n) is 6.40. The molecule has 0 radical (unpaired) electrons. The van der Waals surface area contributed by atoms with E-state index in [0.29, 0.717) is 6.04 Å². The number of likely N-dealkylation sites (N-methyl/N-ethyl adjacent to an activating group) is 1. The maximum absolute atomic E-state index is 3.69. The zero-order chi connectivity index (χ0) is 13.7. The van der Waals surface area contributed by atoms with E-state index in [1.165, 1.54) is 37.7 Å². The Bertz CT molecular complexity index is 381. The van der Waals surface area contributed by atoms with Gasteiger partial charge < -0.3 is 5.32 Å². The second kappa shape index (κ2) is 7.09. The molecule has 0 aromatic heterocycles. The average molecular weight is 259 g/mol. The standard InChI is InChI=1S/C18H29N/c1-4-19-18-11-6-5-10-17(18)16-9-7-8-15(13-16)12-14(2)3/h7-9,13-14,17-19H,4-6,10-12H2,1-3H3. The molecule has 1 aliphatic rings. The Balaban J connectivity index is 2.14. The van der Waals surface area contributed by atoms with E-state index in [4.69, 9.17) is 0 Å². The molecular formula is C18H29N. The van der Waals surface area contributed by atoms with Gasteiger partial charge in [-0.3, -0.25) is 0 Å². The maximum atomic E-state index is 3.69. The van der Waals surface area contributed by atoms with Gasteiger partial charge in [-0.1, -0.05) is 57.9 Å². The van der Waals surface area contributed by atoms with Crippen molar-refractivity contribution in [3.63, 3.8) is 0 Å². The smallest absolute Gasteiger partial charge is 0.0136 e. The monoisotopic (exact) mass is 259 g/mol. The van der Waals surface area contributed by atoms with Crippen LogP contribution in [-0.2, 0) is 6.42 Å². The lowest BCUT2D eigenvalue weighted by Gasteiger charge is -2.32. The Morgan fingerprint density at radius 1 is 1.21 bits per heavy atom. The van der Waals surface area contributed by atoms with Gasteiger partial charge in [-0.2, -0.15) is 0 Å². The normalized spacial score (nSPS) is 23.8. The van der Waals surface area contributed by atoms with Gasteiger partial charge in [0, 0.05) is 6.04 Å². The Labute approximate surface area is 118 Å². The zero-order valence-corrected chi connectivity index (χ0v) is 12.8. The lowest BCUT2D eigenvalue weighted by Crippen LogP contribution is -2.37. The van der Waals surface area contributed by atoms with Crippen LogP contribution in [0.15, 0.2) is 24.3 Å². The molecule has 0 heterocycles. The summed E-state index contributed by atoms with van der Waals surface area (Å²) in [6.45, 7) is 7.91. The van der Waals surface area contributed by atoms with E-state index in [1.807, 2.05) is 0 Å². The van der Waals surface area contributed by atoms with Crippen molar-refractivity contribution in [3.8, 4) is 0 Å². The summed E-state index contributed by atoms with van der Waals surface area (Å²) in [6, 6.07) is 10.0. The summed E-state index contributed by atoms with van der Waals surface area (Å²) in [6.07, 6.45) is 6.67. The minimum atomic E-state index is 0.688. The van der Waals surface area contributed by atoms with Gasteiger partial charge in [0.15, 0.2) is 0 Å². The first-order chi connectivity index (χ1) is 9.20. The molecule has 1 heteroatoms. The third kappa shape index (κ3) is 4.07. The highest BCUT2D eigenvalue weighted by Crippen LogP contribution is 2.33. The van der Waals surface area contributed by atoms with Crippen LogP contribution in [0.1, 0.15) is 63.5 Å². The first-order valence-corrected chi connectivity index (χ1v) is 8.03. The van der Waals surface area contributed by atoms with E-state index in [2.05, 4.69) is 50.4 Å². The van der Waals surface area contributed by atoms with Crippen LogP contribution in [0.25, 0.3) is 0 Å². The molecule has 0 spiro atoms. The van der Waals surface area contributed by atoms with Crippen LogP contribution >= 0.6 is 0 Å². The Morgan fingerprint density at radius 3 is 2.74 bits per heavy atom. The summed E-state index contributed by atoms with van der Waals surface area (Å²) in [5, 5.41) is 3.69. The molecule has 1 aliphatic carbocycles. The van der Waals surface area contributed by atoms with Crippen LogP contribution in [-0.4, -0.2) is 12.6 Å². The van der Waals surface area contributed by atoms with E-state index >= 15 is 0 Å². The molecule has 1 fully saturated rings. The van der Waals surface area contributed by atoms with Crippen LogP contribution in [0.5, 0.6) is 0 Å². The second-order valence-corrected chi connectivity index (χ2v) is 6.40. The minimum Gasteiger partial charge on any atom is -0.314 e. The number of hydrogen-bond acceptors (Lipinski definition) is 1. The Hall–Kier alpha value is -0.820. The van der Waals surface area contributed by atoms with Gasteiger partial charge in [0.2, 0.25) is 0 Å². The molecule has 2 unspecified atom stereocenters. The van der Waals surface area contributed by atoms with Crippen molar-refractivity contribution in [1.29, 1.82) is 0 Å². The summed E-state index contributed by atoms with van der Waals surface area (Å²) >= 11 is 0. The van der Waals surface area contributed by atoms with Crippen molar-refractivity contribution in [2.75, 3.05) is 6.54 Å². The summed E-state index contributed by atoms with van der Waals surface area (Å²) in [5.74, 6) is 1.46. The van der Waals surface area contributed by atoms with Crippen molar-refractivity contribution in [1.82, 2.24) is 5.32 Å². The molecule has 0 bridgehead atoms. The minimum absolute atomic E-state index is 0.688. The molecule has 106 valence electrons. The molecule has 1 saturated carbocycles. The molecule has 0 aliphatic heterocycles. The molecular weight excluding hydrogens is 230 g/mol. The summed E-state index contributed by atoms with van der Waals surface area (Å²) in [5.41, 5.74) is 3.07. The predicted octanol–water partition coefficient (Wildman–Crippen LogP) is 4.52. The van der Waals surface area contributed by atoms with Crippen LogP contribution < -0.4 is 5.32 Å². The maximum Gasteiger partial charge on any atom is 0.0136 e. The summed E-state index contributed by atoms with van der Waals surface area (Å²) in [7, 11) is 0. The van der Waals surface area contributed by atoms with Crippen LogP contribution in [0, 0.1) is 5.92 Å². The average Bonchev–Trinajstić information content (AvgIpc) is 2.39. The largest absolute Gasteiger partial charge is 0.314 e. The molecule has 1 aromatic carbocycles. The molecule has 1 nitrogen and oxygen atoms in total. The van der Waals surface area contributed by atoms with Gasteiger partial charge in [-0.15, -0.1) is 0 Å². The first-order valence-electron chi connectivity index (χ1n) is 8.03. The lowest BCUT2D eigenvalue weighted by molar-refractivity contribution is 0.332. The van der Waals surface area contributed by atoms with Gasteiger partial charge in [-0.05, 0) is 48.8 Å². The van der Waals surface area contributed by atoms with Crippen molar-refractivity contribution in [3.05, 3.63) is 35.4 Å². The third-order valence-electron chi connectivity index (χ3n) is 4.26. The Morgan fingerprint density at radius 2 is 2.00 bits per heavy atom. The Kier molecular flexibility index (Phi) is 5.45. The van der Waals surface area contributed by atoms with Crippen LogP contribution in [0.4, 0.5) is 0 Å². The van der Waals surface area contributed by atoms with Gasteiger partial charge in [0.25, 0.3) is 0 Å². The molecule has 0 amide bonds. The number of rotatable bonds is 5. The summed E-state index contributed by atoms with van der Waals surface area (Å²) < 4.78 is 0. The zero-order valence-electron chi connectivity index (χ0n) is 12.8. The van der Waals surface area contributed by atoms with E-state index in [0.717, 1.165) is 18.4 Å². The molecule has 1 N–H and O–H groups in total. The topological polar surface area (TPSA) is 12.0 Å². The number of hydrogen-bond donors (Lipinski definition) is 1. The van der Waals surface area contributed by atoms with E-state index in [9.17, 15) is 0 Å². The quantitative estimate of drug-likeness (QED) is 0.819. The van der Waals surface area contributed by atoms with Crippen molar-refractivity contribution < 1.29 is 0 Å². The van der Waals surface area contributed by atoms with E-state index < -0.39 is 0 Å². The van der Waals surface area contributed by atoms with Crippen LogP contribution in [0.3, 0.4) is 0 Å². The highest BCUT2D eigenvalue weighted by atomic mass is 14.9. The molecule has 2 atom stereocenters. The fourth-order valence-electron chi connectivity index (χ4n) is 3.46. The van der Waals surface area contributed by atoms with E-state index in [-0.39, 0.29) is 0 Å². The third-order valence-corrected chi connectivity index (χ3v) is 4.26. The summed E-state index contributed by atoms with van der Waals surface area (Å²) in [4.78, 5) is 0. The van der Waals surface area contributed by atoms with Gasteiger partial charge in [0.1, 0.15) is 0 Å². The van der Waals surface area contributed by atoms with Crippen molar-refractivity contribution in [2.24, 2.45) is 5.92 Å². The molecule has 19 heavy (non-hydrogen) atoms. The highest BCUT2D eigenvalue weighted by Gasteiger charge is 2.25. The number of benzene rings is 1. The van der Waals surface area contributed by atoms with Crippen molar-refractivity contribution >= 4 is 0 Å². The first kappa shape index (κ1) is 14.6. The van der Waals surface area contributed by atoms with E-state index in [1.54, 1.807) is 5.56 Å². The van der Waals surface area contributed by atoms with Crippen molar-refractivity contribution in [2.45, 2.75) is 64.8 Å². The fourth-order valence-corrected chi connectivity index (χ4v) is 3.46. The van der Waals surface area contributed by atoms with Gasteiger partial charge in [-0.25, -0.2) is 0 Å². The number of nitrogens with one attached hydrogen (secondary N) is 1.